The second-order valence-corrected chi connectivity index (χ2v) is 8.50. The third kappa shape index (κ3) is 3.64. The summed E-state index contributed by atoms with van der Waals surface area (Å²) in [4.78, 5) is 20.9. The van der Waals surface area contributed by atoms with Crippen molar-refractivity contribution in [2.45, 2.75) is 58.0 Å². The first-order valence-corrected chi connectivity index (χ1v) is 10.6. The highest BCUT2D eigenvalue weighted by molar-refractivity contribution is 7.82. The molecule has 1 spiro atoms. The van der Waals surface area contributed by atoms with E-state index in [2.05, 4.69) is 0 Å². The lowest BCUT2D eigenvalue weighted by Crippen LogP contribution is -2.49. The number of carbonyl (C=O) groups is 1. The lowest BCUT2D eigenvalue weighted by Gasteiger charge is -2.35. The van der Waals surface area contributed by atoms with Gasteiger partial charge in [-0.05, 0) is 87.1 Å². The summed E-state index contributed by atoms with van der Waals surface area (Å²) >= 11 is 5.79. The monoisotopic (exact) mass is 408 g/mol. The van der Waals surface area contributed by atoms with E-state index in [0.717, 1.165) is 55.2 Å². The van der Waals surface area contributed by atoms with Gasteiger partial charge in [-0.1, -0.05) is 31.1 Å². The zero-order valence-corrected chi connectivity index (χ0v) is 17.7. The van der Waals surface area contributed by atoms with Crippen molar-refractivity contribution in [3.8, 4) is 0 Å². The average Bonchev–Trinajstić information content (AvgIpc) is 2.83. The zero-order chi connectivity index (χ0) is 20.6. The second-order valence-electron chi connectivity index (χ2n) is 8.11. The van der Waals surface area contributed by atoms with Crippen LogP contribution in [0.2, 0.25) is 0 Å². The molecule has 1 fully saturated rings. The maximum absolute atomic E-state index is 13.6. The van der Waals surface area contributed by atoms with Crippen LogP contribution in [-0.4, -0.2) is 27.2 Å². The molecule has 2 aromatic rings. The quantitative estimate of drug-likeness (QED) is 0.591. The van der Waals surface area contributed by atoms with Gasteiger partial charge in [-0.15, -0.1) is 0 Å². The highest BCUT2D eigenvalue weighted by Gasteiger charge is 2.48. The molecule has 150 valence electrons. The molecule has 1 aliphatic carbocycles. The zero-order valence-electron chi connectivity index (χ0n) is 16.9. The number of hydrogen-bond donors (Lipinski definition) is 0. The van der Waals surface area contributed by atoms with Crippen LogP contribution < -0.4 is 0 Å². The number of rotatable bonds is 2. The van der Waals surface area contributed by atoms with Gasteiger partial charge < -0.3 is 0 Å². The summed E-state index contributed by atoms with van der Waals surface area (Å²) < 4.78 is 13.4. The Labute approximate surface area is 176 Å². The minimum absolute atomic E-state index is 0.0964. The number of hydrogen-bond acceptors (Lipinski definition) is 3. The fourth-order valence-electron chi connectivity index (χ4n) is 4.31. The van der Waals surface area contributed by atoms with E-state index < -0.39 is 5.66 Å². The molecule has 1 amide bonds. The molecular weight excluding hydrogens is 383 g/mol. The molecule has 0 radical (unpaired) electrons. The van der Waals surface area contributed by atoms with E-state index >= 15 is 0 Å². The van der Waals surface area contributed by atoms with E-state index in [-0.39, 0.29) is 11.7 Å². The van der Waals surface area contributed by atoms with E-state index in [4.69, 9.17) is 17.2 Å². The number of benzene rings is 2. The van der Waals surface area contributed by atoms with Gasteiger partial charge in [0.05, 0.1) is 0 Å². The smallest absolute Gasteiger partial charge is 0.260 e. The SMILES string of the molecule is Cc1ccc(C(=O)N2C(=S)C(c3ccc(F)cc3)=NC23CCCCCC3)cc1C. The van der Waals surface area contributed by atoms with Crippen LogP contribution >= 0.6 is 12.2 Å². The van der Waals surface area contributed by atoms with Gasteiger partial charge in [0, 0.05) is 11.1 Å². The molecule has 2 aromatic carbocycles. The van der Waals surface area contributed by atoms with E-state index in [1.807, 2.05) is 32.0 Å². The molecular formula is C24H25FN2OS. The minimum atomic E-state index is -0.632. The van der Waals surface area contributed by atoms with Crippen molar-refractivity contribution in [3.05, 3.63) is 70.5 Å². The van der Waals surface area contributed by atoms with Crippen molar-refractivity contribution >= 4 is 28.8 Å². The number of nitrogens with zero attached hydrogens (tertiary/aromatic N) is 2. The molecule has 0 atom stereocenters. The summed E-state index contributed by atoms with van der Waals surface area (Å²) in [6.07, 6.45) is 5.91. The maximum Gasteiger partial charge on any atom is 0.260 e. The number of aryl methyl sites for hydroxylation is 2. The predicted octanol–water partition coefficient (Wildman–Crippen LogP) is 5.77. The number of carbonyl (C=O) groups excluding carboxylic acids is 1. The normalized spacial score (nSPS) is 18.7. The Hall–Kier alpha value is -2.40. The number of thiocarbonyl (C=S) groups is 1. The number of aliphatic imine (C=N–C) groups is 1. The van der Waals surface area contributed by atoms with Gasteiger partial charge in [0.25, 0.3) is 5.91 Å². The number of halogens is 1. The van der Waals surface area contributed by atoms with Crippen LogP contribution in [0.25, 0.3) is 0 Å². The van der Waals surface area contributed by atoms with Gasteiger partial charge >= 0.3 is 0 Å². The van der Waals surface area contributed by atoms with Gasteiger partial charge in [0.15, 0.2) is 0 Å². The van der Waals surface area contributed by atoms with Crippen molar-refractivity contribution in [1.82, 2.24) is 4.90 Å². The molecule has 1 aliphatic heterocycles. The van der Waals surface area contributed by atoms with Crippen molar-refractivity contribution < 1.29 is 9.18 Å². The van der Waals surface area contributed by atoms with Gasteiger partial charge in [-0.3, -0.25) is 14.7 Å². The van der Waals surface area contributed by atoms with Crippen molar-refractivity contribution in [2.24, 2.45) is 4.99 Å². The first-order valence-electron chi connectivity index (χ1n) is 10.2. The lowest BCUT2D eigenvalue weighted by atomic mass is 9.98. The van der Waals surface area contributed by atoms with Gasteiger partial charge in [0.1, 0.15) is 22.2 Å². The molecule has 0 saturated heterocycles. The molecule has 0 N–H and O–H groups in total. The van der Waals surface area contributed by atoms with Crippen LogP contribution in [0, 0.1) is 19.7 Å². The van der Waals surface area contributed by atoms with E-state index in [9.17, 15) is 9.18 Å². The molecule has 0 aromatic heterocycles. The number of amides is 1. The molecule has 2 aliphatic rings. The first kappa shape index (κ1) is 19.9. The summed E-state index contributed by atoms with van der Waals surface area (Å²) in [6.45, 7) is 4.04. The lowest BCUT2D eigenvalue weighted by molar-refractivity contribution is 0.0691. The molecule has 0 unspecified atom stereocenters. The van der Waals surface area contributed by atoms with Crippen LogP contribution in [0.1, 0.15) is 65.6 Å². The van der Waals surface area contributed by atoms with Crippen molar-refractivity contribution in [1.29, 1.82) is 0 Å². The van der Waals surface area contributed by atoms with Crippen molar-refractivity contribution in [3.63, 3.8) is 0 Å². The predicted molar refractivity (Wildman–Crippen MR) is 118 cm³/mol. The second kappa shape index (κ2) is 7.79. The Bertz CT molecular complexity index is 988. The molecule has 4 rings (SSSR count). The van der Waals surface area contributed by atoms with Crippen LogP contribution in [0.5, 0.6) is 0 Å². The van der Waals surface area contributed by atoms with Gasteiger partial charge in [-0.2, -0.15) is 0 Å². The Morgan fingerprint density at radius 1 is 1.00 bits per heavy atom. The van der Waals surface area contributed by atoms with Gasteiger partial charge in [-0.25, -0.2) is 4.39 Å². The average molecular weight is 409 g/mol. The van der Waals surface area contributed by atoms with E-state index in [1.165, 1.54) is 12.1 Å². The summed E-state index contributed by atoms with van der Waals surface area (Å²) in [5.74, 6) is -0.397. The largest absolute Gasteiger partial charge is 0.271 e. The molecule has 1 saturated carbocycles. The third-order valence-electron chi connectivity index (χ3n) is 6.12. The van der Waals surface area contributed by atoms with E-state index in [0.29, 0.717) is 16.3 Å². The Kier molecular flexibility index (Phi) is 5.34. The molecule has 29 heavy (non-hydrogen) atoms. The summed E-state index contributed by atoms with van der Waals surface area (Å²) in [7, 11) is 0. The Morgan fingerprint density at radius 2 is 1.66 bits per heavy atom. The topological polar surface area (TPSA) is 32.7 Å². The van der Waals surface area contributed by atoms with Crippen LogP contribution in [0.15, 0.2) is 47.5 Å². The summed E-state index contributed by atoms with van der Waals surface area (Å²) in [5, 5.41) is 0. The molecule has 5 heteroatoms. The van der Waals surface area contributed by atoms with Gasteiger partial charge in [0.2, 0.25) is 0 Å². The van der Waals surface area contributed by atoms with Crippen molar-refractivity contribution in [2.75, 3.05) is 0 Å². The summed E-state index contributed by atoms with van der Waals surface area (Å²) in [5.41, 5.74) is 3.62. The Morgan fingerprint density at radius 3 is 2.28 bits per heavy atom. The van der Waals surface area contributed by atoms with Crippen LogP contribution in [0.4, 0.5) is 4.39 Å². The highest BCUT2D eigenvalue weighted by atomic mass is 32.1. The fraction of sp³-hybridized carbons (Fsp3) is 0.375. The molecule has 3 nitrogen and oxygen atoms in total. The standard InChI is InChI=1S/C24H25FN2OS/c1-16-7-8-19(15-17(16)2)22(28)27-23(29)21(18-9-11-20(25)12-10-18)26-24(27)13-5-3-4-6-14-24/h7-12,15H,3-6,13-14H2,1-2H3. The summed E-state index contributed by atoms with van der Waals surface area (Å²) in [6, 6.07) is 12.0. The van der Waals surface area contributed by atoms with Crippen LogP contribution in [-0.2, 0) is 0 Å². The maximum atomic E-state index is 13.6. The fourth-order valence-corrected chi connectivity index (χ4v) is 4.73. The molecule has 1 heterocycles. The Balaban J connectivity index is 1.78. The molecule has 0 bridgehead atoms. The highest BCUT2D eigenvalue weighted by Crippen LogP contribution is 2.40. The van der Waals surface area contributed by atoms with Crippen LogP contribution in [0.3, 0.4) is 0 Å². The van der Waals surface area contributed by atoms with E-state index in [1.54, 1.807) is 17.0 Å². The minimum Gasteiger partial charge on any atom is -0.271 e. The third-order valence-corrected chi connectivity index (χ3v) is 6.50. The first-order chi connectivity index (χ1) is 13.9.